The van der Waals surface area contributed by atoms with Crippen LogP contribution in [0.25, 0.3) is 0 Å². The molecule has 2 atom stereocenters. The molecule has 0 radical (unpaired) electrons. The lowest BCUT2D eigenvalue weighted by atomic mass is 10.1. The molecule has 1 N–H and O–H groups in total. The van der Waals surface area contributed by atoms with Gasteiger partial charge in [0.25, 0.3) is 14.2 Å². The highest BCUT2D eigenvalue weighted by Gasteiger charge is 2.51. The van der Waals surface area contributed by atoms with Crippen molar-refractivity contribution in [2.45, 2.75) is 51.3 Å². The number of ether oxygens (including phenoxy) is 2. The van der Waals surface area contributed by atoms with Gasteiger partial charge in [0.15, 0.2) is 0 Å². The van der Waals surface area contributed by atoms with Crippen LogP contribution in [0.5, 0.6) is 0 Å². The molecular formula is C28H36N2O6Si. The second-order valence-electron chi connectivity index (χ2n) is 9.98. The van der Waals surface area contributed by atoms with Gasteiger partial charge in [-0.2, -0.15) is 0 Å². The molecule has 8 nitrogen and oxygen atoms in total. The van der Waals surface area contributed by atoms with Crippen LogP contribution in [0, 0.1) is 0 Å². The van der Waals surface area contributed by atoms with E-state index in [1.165, 1.54) is 18.0 Å². The van der Waals surface area contributed by atoms with Crippen LogP contribution in [0.3, 0.4) is 0 Å². The van der Waals surface area contributed by atoms with Crippen LogP contribution in [0.1, 0.15) is 34.1 Å². The maximum Gasteiger partial charge on any atom is 0.330 e. The average Bonchev–Trinajstić information content (AvgIpc) is 2.87. The number of hydrogen-bond donors (Lipinski definition) is 1. The van der Waals surface area contributed by atoms with Crippen LogP contribution in [0.2, 0.25) is 5.04 Å². The molecule has 2 aromatic carbocycles. The van der Waals surface area contributed by atoms with Gasteiger partial charge in [0.05, 0.1) is 6.54 Å². The van der Waals surface area contributed by atoms with Crippen molar-refractivity contribution in [3.63, 3.8) is 0 Å². The van der Waals surface area contributed by atoms with Crippen molar-refractivity contribution in [3.8, 4) is 0 Å². The molecule has 0 unspecified atom stereocenters. The van der Waals surface area contributed by atoms with Crippen LogP contribution in [0.4, 0.5) is 0 Å². The third-order valence-electron chi connectivity index (χ3n) is 6.33. The first kappa shape index (κ1) is 28.3. The molecule has 2 aromatic rings. The molecule has 0 saturated carbocycles. The summed E-state index contributed by atoms with van der Waals surface area (Å²) in [5, 5.41) is 3.03. The molecule has 0 aliphatic carbocycles. The van der Waals surface area contributed by atoms with Crippen molar-refractivity contribution in [1.82, 2.24) is 10.4 Å². The Balaban J connectivity index is 1.91. The molecule has 198 valence electrons. The van der Waals surface area contributed by atoms with Gasteiger partial charge in [-0.05, 0) is 15.4 Å². The zero-order valence-electron chi connectivity index (χ0n) is 21.9. The molecule has 0 bridgehead atoms. The Kier molecular flexibility index (Phi) is 9.42. The Bertz CT molecular complexity index is 1050. The summed E-state index contributed by atoms with van der Waals surface area (Å²) >= 11 is 0. The van der Waals surface area contributed by atoms with Gasteiger partial charge in [-0.25, -0.2) is 10.2 Å². The molecule has 3 rings (SSSR count). The van der Waals surface area contributed by atoms with Crippen molar-refractivity contribution in [2.24, 2.45) is 0 Å². The summed E-state index contributed by atoms with van der Waals surface area (Å²) in [5.74, 6) is -1.47. The predicted molar refractivity (Wildman–Crippen MR) is 144 cm³/mol. The lowest BCUT2D eigenvalue weighted by Crippen LogP contribution is -2.68. The highest BCUT2D eigenvalue weighted by molar-refractivity contribution is 6.99. The third-order valence-corrected chi connectivity index (χ3v) is 11.3. The van der Waals surface area contributed by atoms with E-state index in [0.717, 1.165) is 10.4 Å². The molecular weight excluding hydrogens is 488 g/mol. The molecule has 1 aliphatic heterocycles. The minimum absolute atomic E-state index is 0.00809. The molecule has 9 heteroatoms. The fourth-order valence-corrected chi connectivity index (χ4v) is 9.27. The van der Waals surface area contributed by atoms with Gasteiger partial charge in [0.1, 0.15) is 25.4 Å². The summed E-state index contributed by atoms with van der Waals surface area (Å²) in [6.45, 7) is 11.2. The number of nitrogens with zero attached hydrogens (tertiary/aromatic N) is 1. The SMILES string of the molecule is C=CCOC(=O)[C@H]1C[C@@H](OC(C)=O)CNN1C(=O)CO[Si](c1ccccc1)(c1ccccc1)C(C)(C)C. The van der Waals surface area contributed by atoms with Gasteiger partial charge in [-0.1, -0.05) is 94.1 Å². The molecule has 1 heterocycles. The molecule has 1 saturated heterocycles. The monoisotopic (exact) mass is 524 g/mol. The summed E-state index contributed by atoms with van der Waals surface area (Å²) in [6.07, 6.45) is 1.00. The number of carbonyl (C=O) groups excluding carboxylic acids is 3. The standard InChI is InChI=1S/C28H36N2O6Si/c1-6-17-34-27(33)25-18-22(36-21(2)31)19-29-30(25)26(32)20-35-37(28(3,4)5,23-13-9-7-10-14-23)24-15-11-8-12-16-24/h6-16,22,25,29H,1,17-20H2,2-5H3/t22-,25-/m1/s1. The zero-order valence-corrected chi connectivity index (χ0v) is 22.9. The first-order valence-corrected chi connectivity index (χ1v) is 14.3. The van der Waals surface area contributed by atoms with Gasteiger partial charge in [-0.15, -0.1) is 0 Å². The van der Waals surface area contributed by atoms with Gasteiger partial charge < -0.3 is 13.9 Å². The fraction of sp³-hybridized carbons (Fsp3) is 0.393. The van der Waals surface area contributed by atoms with Crippen molar-refractivity contribution >= 4 is 36.5 Å². The lowest BCUT2D eigenvalue weighted by Gasteiger charge is -2.43. The van der Waals surface area contributed by atoms with E-state index >= 15 is 0 Å². The Morgan fingerprint density at radius 1 is 1.05 bits per heavy atom. The number of amides is 1. The third kappa shape index (κ3) is 6.54. The quantitative estimate of drug-likeness (QED) is 0.306. The van der Waals surface area contributed by atoms with Gasteiger partial charge in [0.2, 0.25) is 0 Å². The van der Waals surface area contributed by atoms with E-state index in [4.69, 9.17) is 13.9 Å². The van der Waals surface area contributed by atoms with E-state index in [0.29, 0.717) is 0 Å². The number of benzene rings is 2. The summed E-state index contributed by atoms with van der Waals surface area (Å²) in [7, 11) is -2.96. The van der Waals surface area contributed by atoms with E-state index in [1.807, 2.05) is 60.7 Å². The normalized spacial score (nSPS) is 18.1. The van der Waals surface area contributed by atoms with Gasteiger partial charge >= 0.3 is 11.9 Å². The minimum Gasteiger partial charge on any atom is -0.461 e. The van der Waals surface area contributed by atoms with Gasteiger partial charge in [0, 0.05) is 13.3 Å². The summed E-state index contributed by atoms with van der Waals surface area (Å²) in [4.78, 5) is 37.9. The lowest BCUT2D eigenvalue weighted by molar-refractivity contribution is -0.168. The van der Waals surface area contributed by atoms with E-state index in [1.54, 1.807) is 0 Å². The van der Waals surface area contributed by atoms with Crippen molar-refractivity contribution in [3.05, 3.63) is 73.3 Å². The van der Waals surface area contributed by atoms with Crippen LogP contribution in [-0.4, -0.2) is 63.1 Å². The number of rotatable bonds is 9. The van der Waals surface area contributed by atoms with Crippen LogP contribution < -0.4 is 15.8 Å². The zero-order chi connectivity index (χ0) is 27.1. The molecule has 0 aromatic heterocycles. The second-order valence-corrected chi connectivity index (χ2v) is 14.3. The smallest absolute Gasteiger partial charge is 0.330 e. The summed E-state index contributed by atoms with van der Waals surface area (Å²) in [5.41, 5.74) is 2.95. The Morgan fingerprint density at radius 2 is 1.62 bits per heavy atom. The highest BCUT2D eigenvalue weighted by atomic mass is 28.4. The molecule has 1 fully saturated rings. The van der Waals surface area contributed by atoms with Crippen LogP contribution in [-0.2, 0) is 28.3 Å². The van der Waals surface area contributed by atoms with Crippen molar-refractivity contribution < 1.29 is 28.3 Å². The Hall–Kier alpha value is -3.27. The number of esters is 2. The van der Waals surface area contributed by atoms with Crippen molar-refractivity contribution in [2.75, 3.05) is 19.8 Å². The number of hydrazine groups is 1. The van der Waals surface area contributed by atoms with Crippen molar-refractivity contribution in [1.29, 1.82) is 0 Å². The summed E-state index contributed by atoms with van der Waals surface area (Å²) in [6, 6.07) is 19.0. The topological polar surface area (TPSA) is 94.2 Å². The first-order chi connectivity index (χ1) is 17.6. The Morgan fingerprint density at radius 3 is 2.11 bits per heavy atom. The molecule has 1 amide bonds. The minimum atomic E-state index is -2.96. The van der Waals surface area contributed by atoms with E-state index in [-0.39, 0.29) is 31.2 Å². The van der Waals surface area contributed by atoms with Crippen LogP contribution in [0.15, 0.2) is 73.3 Å². The molecule has 1 aliphatic rings. The van der Waals surface area contributed by atoms with Crippen LogP contribution >= 0.6 is 0 Å². The first-order valence-electron chi connectivity index (χ1n) is 12.4. The predicted octanol–water partition coefficient (Wildman–Crippen LogP) is 2.33. The summed E-state index contributed by atoms with van der Waals surface area (Å²) < 4.78 is 17.3. The second kappa shape index (κ2) is 12.3. The maximum atomic E-state index is 13.6. The van der Waals surface area contributed by atoms with Gasteiger partial charge in [-0.3, -0.25) is 14.6 Å². The maximum absolute atomic E-state index is 13.6. The average molecular weight is 525 g/mol. The van der Waals surface area contributed by atoms with E-state index in [2.05, 4.69) is 32.8 Å². The highest BCUT2D eigenvalue weighted by Crippen LogP contribution is 2.36. The molecule has 37 heavy (non-hydrogen) atoms. The molecule has 0 spiro atoms. The number of nitrogens with one attached hydrogen (secondary N) is 1. The number of hydrogen-bond acceptors (Lipinski definition) is 7. The van der Waals surface area contributed by atoms with E-state index in [9.17, 15) is 14.4 Å². The fourth-order valence-electron chi connectivity index (χ4n) is 4.77. The van der Waals surface area contributed by atoms with E-state index < -0.39 is 38.3 Å². The Labute approximate surface area is 219 Å². The largest absolute Gasteiger partial charge is 0.461 e. The number of carbonyl (C=O) groups is 3.